The van der Waals surface area contributed by atoms with Crippen molar-refractivity contribution in [3.63, 3.8) is 0 Å². The van der Waals surface area contributed by atoms with Crippen LogP contribution in [-0.4, -0.2) is 36.0 Å². The van der Waals surface area contributed by atoms with E-state index in [0.717, 1.165) is 32.5 Å². The predicted molar refractivity (Wildman–Crippen MR) is 103 cm³/mol. The molecular formula is C22H26N2O2. The second-order valence-electron chi connectivity index (χ2n) is 7.60. The van der Waals surface area contributed by atoms with Gasteiger partial charge in [0, 0.05) is 25.7 Å². The number of ether oxygens (including phenoxy) is 1. The van der Waals surface area contributed by atoms with Gasteiger partial charge in [-0.25, -0.2) is 0 Å². The molecule has 0 spiro atoms. The maximum Gasteiger partial charge on any atom is 0.255 e. The van der Waals surface area contributed by atoms with Gasteiger partial charge in [-0.1, -0.05) is 30.3 Å². The smallest absolute Gasteiger partial charge is 0.255 e. The molecule has 0 atom stereocenters. The van der Waals surface area contributed by atoms with Crippen LogP contribution in [0.25, 0.3) is 0 Å². The Morgan fingerprint density at radius 3 is 2.62 bits per heavy atom. The van der Waals surface area contributed by atoms with Crippen molar-refractivity contribution in [3.05, 3.63) is 64.7 Å². The van der Waals surface area contributed by atoms with Gasteiger partial charge in [-0.2, -0.15) is 0 Å². The predicted octanol–water partition coefficient (Wildman–Crippen LogP) is 3.46. The summed E-state index contributed by atoms with van der Waals surface area (Å²) < 4.78 is 6.11. The fraction of sp³-hybridized carbons (Fsp3) is 0.409. The van der Waals surface area contributed by atoms with Gasteiger partial charge in [0.05, 0.1) is 5.56 Å². The average Bonchev–Trinajstić information content (AvgIpc) is 3.40. The van der Waals surface area contributed by atoms with Crippen LogP contribution in [0.4, 0.5) is 0 Å². The molecule has 1 aliphatic heterocycles. The van der Waals surface area contributed by atoms with Gasteiger partial charge in [-0.15, -0.1) is 0 Å². The average molecular weight is 350 g/mol. The van der Waals surface area contributed by atoms with E-state index in [0.29, 0.717) is 17.4 Å². The number of carbonyl (C=O) groups is 1. The number of nitrogens with one attached hydrogen (secondary N) is 1. The Kier molecular flexibility index (Phi) is 4.68. The summed E-state index contributed by atoms with van der Waals surface area (Å²) in [4.78, 5) is 14.7. The van der Waals surface area contributed by atoms with Gasteiger partial charge in [-0.3, -0.25) is 9.69 Å². The minimum Gasteiger partial charge on any atom is -0.487 e. The minimum absolute atomic E-state index is 0.0191. The van der Waals surface area contributed by atoms with E-state index in [-0.39, 0.29) is 12.0 Å². The maximum absolute atomic E-state index is 12.4. The van der Waals surface area contributed by atoms with Gasteiger partial charge in [0.15, 0.2) is 0 Å². The van der Waals surface area contributed by atoms with Gasteiger partial charge < -0.3 is 10.1 Å². The summed E-state index contributed by atoms with van der Waals surface area (Å²) in [5, 5.41) is 3.04. The second kappa shape index (κ2) is 7.12. The maximum atomic E-state index is 12.4. The topological polar surface area (TPSA) is 41.6 Å². The van der Waals surface area contributed by atoms with E-state index in [1.54, 1.807) is 0 Å². The van der Waals surface area contributed by atoms with Crippen molar-refractivity contribution in [2.45, 2.75) is 45.4 Å². The molecule has 1 aliphatic carbocycles. The van der Waals surface area contributed by atoms with Gasteiger partial charge in [-0.05, 0) is 55.5 Å². The molecular weight excluding hydrogens is 324 g/mol. The first-order valence-electron chi connectivity index (χ1n) is 9.43. The number of hydrogen-bond donors (Lipinski definition) is 1. The van der Waals surface area contributed by atoms with Crippen LogP contribution in [0, 0.1) is 13.8 Å². The number of likely N-dealkylation sites (tertiary alicyclic amines) is 1. The van der Waals surface area contributed by atoms with E-state index in [2.05, 4.69) is 42.3 Å². The Labute approximate surface area is 155 Å². The van der Waals surface area contributed by atoms with Crippen molar-refractivity contribution >= 4 is 5.91 Å². The summed E-state index contributed by atoms with van der Waals surface area (Å²) in [6, 6.07) is 14.6. The Hall–Kier alpha value is -2.33. The Morgan fingerprint density at radius 2 is 1.88 bits per heavy atom. The zero-order chi connectivity index (χ0) is 18.1. The molecule has 2 aromatic carbocycles. The number of carbonyl (C=O) groups excluding carboxylic acids is 1. The zero-order valence-corrected chi connectivity index (χ0v) is 15.5. The van der Waals surface area contributed by atoms with Crippen molar-refractivity contribution in [1.29, 1.82) is 0 Å². The molecule has 1 heterocycles. The van der Waals surface area contributed by atoms with Gasteiger partial charge >= 0.3 is 0 Å². The molecule has 0 radical (unpaired) electrons. The summed E-state index contributed by atoms with van der Waals surface area (Å²) in [5.41, 5.74) is 4.66. The van der Waals surface area contributed by atoms with Crippen LogP contribution in [0.5, 0.6) is 5.75 Å². The van der Waals surface area contributed by atoms with E-state index >= 15 is 0 Å². The number of nitrogens with zero attached hydrogens (tertiary/aromatic N) is 1. The Morgan fingerprint density at radius 1 is 1.12 bits per heavy atom. The molecule has 1 saturated heterocycles. The van der Waals surface area contributed by atoms with Crippen molar-refractivity contribution in [2.75, 3.05) is 13.1 Å². The molecule has 1 saturated carbocycles. The lowest BCUT2D eigenvalue weighted by molar-refractivity contribution is 0.0140. The summed E-state index contributed by atoms with van der Waals surface area (Å²) in [6.07, 6.45) is 2.33. The monoisotopic (exact) mass is 350 g/mol. The van der Waals surface area contributed by atoms with Crippen LogP contribution in [-0.2, 0) is 6.54 Å². The molecule has 1 N–H and O–H groups in total. The molecule has 0 unspecified atom stereocenters. The van der Waals surface area contributed by atoms with Crippen LogP contribution in [0.3, 0.4) is 0 Å². The SMILES string of the molecule is Cc1ccc(CN2CC(Oc3ccccc3C(=O)NC3CC3)C2)cc1C. The number of hydrogen-bond acceptors (Lipinski definition) is 3. The number of benzene rings is 2. The number of amides is 1. The van der Waals surface area contributed by atoms with Crippen LogP contribution in [0.1, 0.15) is 39.9 Å². The van der Waals surface area contributed by atoms with E-state index in [4.69, 9.17) is 4.74 Å². The third-order valence-electron chi connectivity index (χ3n) is 5.24. The van der Waals surface area contributed by atoms with Crippen molar-refractivity contribution < 1.29 is 9.53 Å². The van der Waals surface area contributed by atoms with Crippen LogP contribution in [0.15, 0.2) is 42.5 Å². The van der Waals surface area contributed by atoms with Gasteiger partial charge in [0.1, 0.15) is 11.9 Å². The van der Waals surface area contributed by atoms with Crippen molar-refractivity contribution in [2.24, 2.45) is 0 Å². The van der Waals surface area contributed by atoms with E-state index in [1.807, 2.05) is 24.3 Å². The highest BCUT2D eigenvalue weighted by molar-refractivity contribution is 5.97. The highest BCUT2D eigenvalue weighted by Gasteiger charge is 2.30. The summed E-state index contributed by atoms with van der Waals surface area (Å²) >= 11 is 0. The molecule has 2 fully saturated rings. The van der Waals surface area contributed by atoms with Crippen LogP contribution < -0.4 is 10.1 Å². The highest BCUT2D eigenvalue weighted by Crippen LogP contribution is 2.25. The van der Waals surface area contributed by atoms with Crippen molar-refractivity contribution in [3.8, 4) is 5.75 Å². The number of para-hydroxylation sites is 1. The largest absolute Gasteiger partial charge is 0.487 e. The highest BCUT2D eigenvalue weighted by atomic mass is 16.5. The van der Waals surface area contributed by atoms with E-state index in [1.165, 1.54) is 16.7 Å². The summed E-state index contributed by atoms with van der Waals surface area (Å²) in [5.74, 6) is 0.677. The normalized spacial score (nSPS) is 17.6. The van der Waals surface area contributed by atoms with Gasteiger partial charge in [0.25, 0.3) is 5.91 Å². The van der Waals surface area contributed by atoms with E-state index < -0.39 is 0 Å². The molecule has 2 aliphatic rings. The fourth-order valence-electron chi connectivity index (χ4n) is 3.31. The standard InChI is InChI=1S/C22H26N2O2/c1-15-7-8-17(11-16(15)2)12-24-13-19(14-24)26-21-6-4-3-5-20(21)22(25)23-18-9-10-18/h3-8,11,18-19H,9-10,12-14H2,1-2H3,(H,23,25). The molecule has 4 rings (SSSR count). The summed E-state index contributed by atoms with van der Waals surface area (Å²) in [7, 11) is 0. The molecule has 26 heavy (non-hydrogen) atoms. The van der Waals surface area contributed by atoms with Crippen LogP contribution in [0.2, 0.25) is 0 Å². The molecule has 4 nitrogen and oxygen atoms in total. The summed E-state index contributed by atoms with van der Waals surface area (Å²) in [6.45, 7) is 7.04. The van der Waals surface area contributed by atoms with Gasteiger partial charge in [0.2, 0.25) is 0 Å². The molecule has 1 amide bonds. The Bertz CT molecular complexity index is 808. The molecule has 2 aromatic rings. The quantitative estimate of drug-likeness (QED) is 0.867. The van der Waals surface area contributed by atoms with Crippen LogP contribution >= 0.6 is 0 Å². The number of rotatable bonds is 6. The lowest BCUT2D eigenvalue weighted by Gasteiger charge is -2.39. The lowest BCUT2D eigenvalue weighted by Crippen LogP contribution is -2.53. The first-order valence-corrected chi connectivity index (χ1v) is 9.43. The van der Waals surface area contributed by atoms with E-state index in [9.17, 15) is 4.79 Å². The van der Waals surface area contributed by atoms with Crippen molar-refractivity contribution in [1.82, 2.24) is 10.2 Å². The Balaban J connectivity index is 1.32. The third kappa shape index (κ3) is 3.91. The minimum atomic E-state index is -0.0191. The molecule has 4 heteroatoms. The molecule has 0 bridgehead atoms. The lowest BCUT2D eigenvalue weighted by atomic mass is 10.0. The third-order valence-corrected chi connectivity index (χ3v) is 5.24. The molecule has 0 aromatic heterocycles. The first-order chi connectivity index (χ1) is 12.6. The molecule has 136 valence electrons. The second-order valence-corrected chi connectivity index (χ2v) is 7.60. The first kappa shape index (κ1) is 17.1. The fourth-order valence-corrected chi connectivity index (χ4v) is 3.31. The number of aryl methyl sites for hydroxylation is 2. The zero-order valence-electron chi connectivity index (χ0n) is 15.5.